The second-order valence-corrected chi connectivity index (χ2v) is 8.13. The van der Waals surface area contributed by atoms with E-state index < -0.39 is 0 Å². The molecule has 0 spiro atoms. The van der Waals surface area contributed by atoms with E-state index in [9.17, 15) is 4.79 Å². The molecule has 0 fully saturated rings. The Labute approximate surface area is 194 Å². The van der Waals surface area contributed by atoms with E-state index in [0.29, 0.717) is 23.0 Å². The number of aryl methyl sites for hydroxylation is 1. The van der Waals surface area contributed by atoms with E-state index in [1.165, 1.54) is 5.56 Å². The lowest BCUT2D eigenvalue weighted by Crippen LogP contribution is -1.98. The number of hydrogen-bond donors (Lipinski definition) is 1. The van der Waals surface area contributed by atoms with Gasteiger partial charge in [-0.1, -0.05) is 53.2 Å². The van der Waals surface area contributed by atoms with Crippen LogP contribution in [0.2, 0.25) is 5.02 Å². The summed E-state index contributed by atoms with van der Waals surface area (Å²) in [5.74, 6) is 1.87. The number of tetrazole rings is 1. The molecular weight excluding hydrogens is 440 g/mol. The lowest BCUT2D eigenvalue weighted by atomic mass is 9.98. The van der Waals surface area contributed by atoms with E-state index in [-0.39, 0.29) is 6.61 Å². The van der Waals surface area contributed by atoms with Gasteiger partial charge in [-0.15, -0.1) is 10.2 Å². The van der Waals surface area contributed by atoms with Gasteiger partial charge in [-0.3, -0.25) is 0 Å². The van der Waals surface area contributed by atoms with Crippen molar-refractivity contribution >= 4 is 39.6 Å². The third kappa shape index (κ3) is 4.32. The van der Waals surface area contributed by atoms with Gasteiger partial charge in [0.25, 0.3) is 0 Å². The molecule has 0 saturated heterocycles. The fourth-order valence-electron chi connectivity index (χ4n) is 4.02. The summed E-state index contributed by atoms with van der Waals surface area (Å²) in [6.07, 6.45) is 4.19. The predicted molar refractivity (Wildman–Crippen MR) is 126 cm³/mol. The molecule has 8 heteroatoms. The monoisotopic (exact) mass is 460 g/mol. The maximum absolute atomic E-state index is 10.7. The maximum Gasteiger partial charge on any atom is 0.211 e. The third-order valence-corrected chi connectivity index (χ3v) is 6.01. The van der Waals surface area contributed by atoms with Crippen LogP contribution in [0.5, 0.6) is 5.75 Å². The maximum atomic E-state index is 10.7. The summed E-state index contributed by atoms with van der Waals surface area (Å²) in [7, 11) is 0. The first-order chi connectivity index (χ1) is 16.2. The molecular formula is C25H21ClN4O3. The smallest absolute Gasteiger partial charge is 0.211 e. The highest BCUT2D eigenvalue weighted by atomic mass is 35.5. The summed E-state index contributed by atoms with van der Waals surface area (Å²) in [5, 5.41) is 17.2. The van der Waals surface area contributed by atoms with Gasteiger partial charge in [-0.2, -0.15) is 5.21 Å². The van der Waals surface area contributed by atoms with E-state index >= 15 is 0 Å². The molecule has 0 atom stereocenters. The summed E-state index contributed by atoms with van der Waals surface area (Å²) >= 11 is 6.63. The number of unbranched alkanes of at least 4 members (excludes halogenated alkanes) is 2. The zero-order chi connectivity index (χ0) is 22.6. The van der Waals surface area contributed by atoms with Gasteiger partial charge in [0, 0.05) is 28.3 Å². The molecule has 2 aromatic heterocycles. The van der Waals surface area contributed by atoms with Crippen molar-refractivity contribution in [3.8, 4) is 17.1 Å². The van der Waals surface area contributed by atoms with E-state index in [0.717, 1.165) is 58.6 Å². The number of para-hydroxylation sites is 1. The number of nitrogens with one attached hydrogen (secondary N) is 1. The standard InChI is InChI=1S/C25H21ClN4O3/c26-24-18-11-9-17(14-16(18)10-12-22(24)32-15-23-27-29-30-28-23)25-20(7-2-1-5-13-31)19-6-3-4-8-21(19)33-25/h3-4,6,8-14H,1-2,5,7,15H2,(H,27,28,29,30). The Hall–Kier alpha value is -3.71. The molecule has 1 N–H and O–H groups in total. The number of aldehydes is 1. The van der Waals surface area contributed by atoms with Crippen molar-refractivity contribution in [3.05, 3.63) is 71.0 Å². The Bertz CT molecular complexity index is 1410. The lowest BCUT2D eigenvalue weighted by molar-refractivity contribution is -0.107. The van der Waals surface area contributed by atoms with Gasteiger partial charge >= 0.3 is 0 Å². The summed E-state index contributed by atoms with van der Waals surface area (Å²) in [4.78, 5) is 10.7. The van der Waals surface area contributed by atoms with Crippen molar-refractivity contribution in [3.63, 3.8) is 0 Å². The highest BCUT2D eigenvalue weighted by Crippen LogP contribution is 2.39. The van der Waals surface area contributed by atoms with Crippen molar-refractivity contribution in [1.29, 1.82) is 0 Å². The van der Waals surface area contributed by atoms with E-state index in [2.05, 4.69) is 32.8 Å². The summed E-state index contributed by atoms with van der Waals surface area (Å²) in [5.41, 5.74) is 3.02. The highest BCUT2D eigenvalue weighted by molar-refractivity contribution is 6.37. The summed E-state index contributed by atoms with van der Waals surface area (Å²) in [6, 6.07) is 18.0. The second kappa shape index (κ2) is 9.42. The normalized spacial score (nSPS) is 11.3. The third-order valence-electron chi connectivity index (χ3n) is 5.62. The number of H-pyrrole nitrogens is 1. The van der Waals surface area contributed by atoms with Crippen molar-refractivity contribution in [2.75, 3.05) is 0 Å². The number of halogens is 1. The molecule has 0 aliphatic carbocycles. The molecule has 7 nitrogen and oxygen atoms in total. The molecule has 0 saturated carbocycles. The van der Waals surface area contributed by atoms with Crippen molar-refractivity contribution in [2.45, 2.75) is 32.3 Å². The number of carbonyl (C=O) groups is 1. The van der Waals surface area contributed by atoms with Gasteiger partial charge in [0.05, 0.1) is 5.02 Å². The molecule has 33 heavy (non-hydrogen) atoms. The molecule has 0 bridgehead atoms. The molecule has 166 valence electrons. The van der Waals surface area contributed by atoms with Gasteiger partial charge in [-0.25, -0.2) is 0 Å². The molecule has 0 radical (unpaired) electrons. The van der Waals surface area contributed by atoms with Crippen LogP contribution in [0.25, 0.3) is 33.1 Å². The Morgan fingerprint density at radius 3 is 2.82 bits per heavy atom. The van der Waals surface area contributed by atoms with E-state index in [1.54, 1.807) is 0 Å². The minimum Gasteiger partial charge on any atom is -0.484 e. The van der Waals surface area contributed by atoms with Crippen LogP contribution in [0.4, 0.5) is 0 Å². The molecule has 0 aliphatic heterocycles. The fraction of sp³-hybridized carbons (Fsp3) is 0.200. The highest BCUT2D eigenvalue weighted by Gasteiger charge is 2.17. The Balaban J connectivity index is 1.48. The number of aromatic amines is 1. The van der Waals surface area contributed by atoms with Crippen LogP contribution in [-0.2, 0) is 17.8 Å². The number of ether oxygens (including phenoxy) is 1. The van der Waals surface area contributed by atoms with Crippen LogP contribution in [0.1, 0.15) is 30.7 Å². The fourth-order valence-corrected chi connectivity index (χ4v) is 4.31. The molecule has 0 unspecified atom stereocenters. The number of nitrogens with zero attached hydrogens (tertiary/aromatic N) is 3. The predicted octanol–water partition coefficient (Wildman–Crippen LogP) is 5.91. The molecule has 3 aromatic carbocycles. The van der Waals surface area contributed by atoms with Crippen LogP contribution < -0.4 is 4.74 Å². The van der Waals surface area contributed by atoms with Crippen molar-refractivity contribution in [1.82, 2.24) is 20.6 Å². The van der Waals surface area contributed by atoms with Gasteiger partial charge in [0.15, 0.2) is 6.61 Å². The van der Waals surface area contributed by atoms with Gasteiger partial charge in [-0.05, 0) is 42.8 Å². The van der Waals surface area contributed by atoms with E-state index in [4.69, 9.17) is 20.8 Å². The summed E-state index contributed by atoms with van der Waals surface area (Å²) in [6.45, 7) is 0.173. The largest absolute Gasteiger partial charge is 0.484 e. The van der Waals surface area contributed by atoms with Gasteiger partial charge in [0.2, 0.25) is 5.82 Å². The first kappa shape index (κ1) is 21.2. The number of carbonyl (C=O) groups excluding carboxylic acids is 1. The zero-order valence-electron chi connectivity index (χ0n) is 17.8. The van der Waals surface area contributed by atoms with Crippen LogP contribution in [0.3, 0.4) is 0 Å². The molecule has 5 aromatic rings. The van der Waals surface area contributed by atoms with Gasteiger partial charge < -0.3 is 13.9 Å². The minimum absolute atomic E-state index is 0.173. The van der Waals surface area contributed by atoms with E-state index in [1.807, 2.05) is 42.5 Å². The average Bonchev–Trinajstić information content (AvgIpc) is 3.49. The number of benzene rings is 3. The number of aromatic nitrogens is 4. The van der Waals surface area contributed by atoms with Crippen LogP contribution in [0.15, 0.2) is 59.0 Å². The number of fused-ring (bicyclic) bond motifs is 2. The SMILES string of the molecule is O=CCCCCc1c(-c2ccc3c(Cl)c(OCc4nn[nH]n4)ccc3c2)oc2ccccc12. The quantitative estimate of drug-likeness (QED) is 0.217. The molecule has 0 aliphatic rings. The first-order valence-electron chi connectivity index (χ1n) is 10.8. The Kier molecular flexibility index (Phi) is 6.04. The minimum atomic E-state index is 0.173. The van der Waals surface area contributed by atoms with Gasteiger partial charge in [0.1, 0.15) is 23.4 Å². The van der Waals surface area contributed by atoms with Crippen LogP contribution in [-0.4, -0.2) is 26.9 Å². The summed E-state index contributed by atoms with van der Waals surface area (Å²) < 4.78 is 12.0. The lowest BCUT2D eigenvalue weighted by Gasteiger charge is -2.10. The Morgan fingerprint density at radius 1 is 1.06 bits per heavy atom. The topological polar surface area (TPSA) is 93.9 Å². The first-order valence-corrected chi connectivity index (χ1v) is 11.1. The van der Waals surface area contributed by atoms with Crippen LogP contribution >= 0.6 is 11.6 Å². The number of furan rings is 1. The molecule has 5 rings (SSSR count). The number of hydrogen-bond acceptors (Lipinski definition) is 6. The molecule has 2 heterocycles. The average molecular weight is 461 g/mol. The Morgan fingerprint density at radius 2 is 1.97 bits per heavy atom. The van der Waals surface area contributed by atoms with Crippen molar-refractivity contribution < 1.29 is 13.9 Å². The number of rotatable bonds is 9. The zero-order valence-corrected chi connectivity index (χ0v) is 18.5. The van der Waals surface area contributed by atoms with Crippen molar-refractivity contribution in [2.24, 2.45) is 0 Å². The van der Waals surface area contributed by atoms with Crippen LogP contribution in [0, 0.1) is 0 Å². The molecule has 0 amide bonds. The second-order valence-electron chi connectivity index (χ2n) is 7.75.